The molecule has 1 aromatic carbocycles. The van der Waals surface area contributed by atoms with Gasteiger partial charge < -0.3 is 18.9 Å². The Bertz CT molecular complexity index is 1560. The lowest BCUT2D eigenvalue weighted by Gasteiger charge is -2.35. The first-order valence-electron chi connectivity index (χ1n) is 13.1. The van der Waals surface area contributed by atoms with Crippen molar-refractivity contribution in [2.45, 2.75) is 51.8 Å². The second kappa shape index (κ2) is 11.6. The van der Waals surface area contributed by atoms with Gasteiger partial charge in [0.25, 0.3) is 0 Å². The number of amides is 1. The van der Waals surface area contributed by atoms with Gasteiger partial charge in [-0.15, -0.1) is 0 Å². The van der Waals surface area contributed by atoms with E-state index >= 15 is 0 Å². The summed E-state index contributed by atoms with van der Waals surface area (Å²) in [6, 6.07) is 11.5. The molecule has 40 heavy (non-hydrogen) atoms. The maximum atomic E-state index is 13.3. The summed E-state index contributed by atoms with van der Waals surface area (Å²) >= 11 is 19.5. The topological polar surface area (TPSA) is 69.5 Å². The average molecular weight is 602 g/mol. The van der Waals surface area contributed by atoms with Crippen LogP contribution in [-0.4, -0.2) is 50.4 Å². The highest BCUT2D eigenvalue weighted by atomic mass is 35.5. The van der Waals surface area contributed by atoms with E-state index < -0.39 is 5.60 Å². The summed E-state index contributed by atoms with van der Waals surface area (Å²) in [4.78, 5) is 24.1. The minimum Gasteiger partial charge on any atom is -0.444 e. The van der Waals surface area contributed by atoms with E-state index in [0.29, 0.717) is 35.4 Å². The Kier molecular flexibility index (Phi) is 8.30. The van der Waals surface area contributed by atoms with Crippen LogP contribution in [0.1, 0.15) is 39.2 Å². The van der Waals surface area contributed by atoms with Crippen molar-refractivity contribution in [2.75, 3.05) is 13.2 Å². The first kappa shape index (κ1) is 28.7. The van der Waals surface area contributed by atoms with Crippen LogP contribution < -0.4 is 0 Å². The van der Waals surface area contributed by atoms with Crippen LogP contribution in [0.15, 0.2) is 48.8 Å². The number of halogens is 3. The van der Waals surface area contributed by atoms with E-state index in [1.54, 1.807) is 12.3 Å². The molecule has 1 amide bonds. The van der Waals surface area contributed by atoms with Gasteiger partial charge in [0, 0.05) is 60.8 Å². The monoisotopic (exact) mass is 600 g/mol. The van der Waals surface area contributed by atoms with Crippen LogP contribution in [0, 0.1) is 0 Å². The first-order valence-corrected chi connectivity index (χ1v) is 14.3. The van der Waals surface area contributed by atoms with Gasteiger partial charge in [-0.2, -0.15) is 0 Å². The van der Waals surface area contributed by atoms with E-state index in [9.17, 15) is 4.79 Å². The molecule has 7 nitrogen and oxygen atoms in total. The standard InChI is InChI=1S/C30H31Cl3N4O3/c1-30(2,3)40-29(38)37(19-11-14-39-15-12-19)17-18-16-36(4)28-20(18)8-9-24(35-28)23-7-5-6-21(25(23)31)22-10-13-34-27(33)26(22)32/h5-10,13,16,19H,11-12,14-15,17H2,1-4H3. The van der Waals surface area contributed by atoms with Crippen LogP contribution in [0.5, 0.6) is 0 Å². The zero-order chi connectivity index (χ0) is 28.6. The number of carbonyl (C=O) groups is 1. The van der Waals surface area contributed by atoms with Crippen molar-refractivity contribution >= 4 is 51.9 Å². The minimum absolute atomic E-state index is 0.0427. The number of carbonyl (C=O) groups excluding carboxylic acids is 1. The Morgan fingerprint density at radius 2 is 1.75 bits per heavy atom. The zero-order valence-electron chi connectivity index (χ0n) is 22.9. The smallest absolute Gasteiger partial charge is 0.410 e. The number of hydrogen-bond donors (Lipinski definition) is 0. The third kappa shape index (κ3) is 5.93. The van der Waals surface area contributed by atoms with Crippen molar-refractivity contribution < 1.29 is 14.3 Å². The second-order valence-electron chi connectivity index (χ2n) is 10.9. The average Bonchev–Trinajstić information content (AvgIpc) is 3.23. The Balaban J connectivity index is 1.50. The van der Waals surface area contributed by atoms with Crippen LogP contribution >= 0.6 is 34.8 Å². The van der Waals surface area contributed by atoms with Crippen LogP contribution in [0.2, 0.25) is 15.2 Å². The van der Waals surface area contributed by atoms with Gasteiger partial charge >= 0.3 is 6.09 Å². The molecule has 1 fully saturated rings. The molecule has 5 rings (SSSR count). The number of fused-ring (bicyclic) bond motifs is 1. The van der Waals surface area contributed by atoms with Gasteiger partial charge in [0.05, 0.1) is 22.3 Å². The van der Waals surface area contributed by atoms with E-state index in [4.69, 9.17) is 49.3 Å². The number of rotatable bonds is 5. The quantitative estimate of drug-likeness (QED) is 0.216. The van der Waals surface area contributed by atoms with E-state index in [-0.39, 0.29) is 17.3 Å². The number of hydrogen-bond acceptors (Lipinski definition) is 5. The summed E-state index contributed by atoms with van der Waals surface area (Å²) in [6.07, 6.45) is 4.85. The summed E-state index contributed by atoms with van der Waals surface area (Å²) in [5, 5.41) is 2.04. The molecular formula is C30H31Cl3N4O3. The maximum Gasteiger partial charge on any atom is 0.410 e. The van der Waals surface area contributed by atoms with Crippen LogP contribution in [0.4, 0.5) is 4.79 Å². The fourth-order valence-electron chi connectivity index (χ4n) is 5.02. The van der Waals surface area contributed by atoms with Gasteiger partial charge in [0.1, 0.15) is 16.4 Å². The SMILES string of the molecule is Cn1cc(CN(C(=O)OC(C)(C)C)C2CCOCC2)c2ccc(-c3cccc(-c4ccnc(Cl)c4Cl)c3Cl)nc21. The Morgan fingerprint density at radius 3 is 2.48 bits per heavy atom. The van der Waals surface area contributed by atoms with E-state index in [0.717, 1.165) is 46.3 Å². The molecular weight excluding hydrogens is 571 g/mol. The molecule has 1 aliphatic rings. The molecule has 1 saturated heterocycles. The molecule has 0 spiro atoms. The molecule has 4 heterocycles. The first-order chi connectivity index (χ1) is 19.0. The molecule has 3 aromatic heterocycles. The normalized spacial score (nSPS) is 14.5. The number of ether oxygens (including phenoxy) is 2. The minimum atomic E-state index is -0.588. The number of nitrogens with zero attached hydrogens (tertiary/aromatic N) is 4. The van der Waals surface area contributed by atoms with Gasteiger partial charge in [-0.05, 0) is 57.4 Å². The number of pyridine rings is 2. The van der Waals surface area contributed by atoms with Crippen LogP contribution in [0.3, 0.4) is 0 Å². The molecule has 210 valence electrons. The van der Waals surface area contributed by atoms with Crippen molar-refractivity contribution in [1.82, 2.24) is 19.4 Å². The van der Waals surface area contributed by atoms with Crippen molar-refractivity contribution in [3.63, 3.8) is 0 Å². The number of aryl methyl sites for hydroxylation is 1. The predicted molar refractivity (Wildman–Crippen MR) is 160 cm³/mol. The lowest BCUT2D eigenvalue weighted by atomic mass is 10.0. The molecule has 0 unspecified atom stereocenters. The van der Waals surface area contributed by atoms with E-state index in [1.807, 2.05) is 73.8 Å². The largest absolute Gasteiger partial charge is 0.444 e. The molecule has 0 bridgehead atoms. The molecule has 0 radical (unpaired) electrons. The Labute approximate surface area is 249 Å². The van der Waals surface area contributed by atoms with Crippen molar-refractivity contribution in [1.29, 1.82) is 0 Å². The third-order valence-corrected chi connectivity index (χ3v) is 8.09. The summed E-state index contributed by atoms with van der Waals surface area (Å²) in [7, 11) is 1.95. The van der Waals surface area contributed by atoms with Gasteiger partial charge in [-0.1, -0.05) is 53.0 Å². The van der Waals surface area contributed by atoms with Crippen molar-refractivity contribution in [2.24, 2.45) is 7.05 Å². The molecule has 0 atom stereocenters. The summed E-state index contributed by atoms with van der Waals surface area (Å²) in [6.45, 7) is 7.31. The third-order valence-electron chi connectivity index (χ3n) is 6.92. The van der Waals surface area contributed by atoms with E-state index in [1.165, 1.54) is 0 Å². The van der Waals surface area contributed by atoms with Gasteiger partial charge in [0.2, 0.25) is 0 Å². The summed E-state index contributed by atoms with van der Waals surface area (Å²) in [5.74, 6) is 0. The molecule has 4 aromatic rings. The van der Waals surface area contributed by atoms with Gasteiger partial charge in [-0.25, -0.2) is 14.8 Å². The zero-order valence-corrected chi connectivity index (χ0v) is 25.1. The lowest BCUT2D eigenvalue weighted by Crippen LogP contribution is -2.45. The Hall–Kier alpha value is -2.84. The highest BCUT2D eigenvalue weighted by Gasteiger charge is 2.31. The summed E-state index contributed by atoms with van der Waals surface area (Å²) in [5.41, 5.74) is 4.12. The van der Waals surface area contributed by atoms with E-state index in [2.05, 4.69) is 4.98 Å². The molecule has 1 aliphatic heterocycles. The fraction of sp³-hybridized carbons (Fsp3) is 0.367. The number of aromatic nitrogens is 3. The predicted octanol–water partition coefficient (Wildman–Crippen LogP) is 8.18. The van der Waals surface area contributed by atoms with Gasteiger partial charge in [0.15, 0.2) is 0 Å². The summed E-state index contributed by atoms with van der Waals surface area (Å²) < 4.78 is 13.3. The molecule has 0 N–H and O–H groups in total. The van der Waals surface area contributed by atoms with Crippen molar-refractivity contribution in [3.05, 3.63) is 69.6 Å². The van der Waals surface area contributed by atoms with Crippen molar-refractivity contribution in [3.8, 4) is 22.4 Å². The highest BCUT2D eigenvalue weighted by molar-refractivity contribution is 6.43. The molecule has 0 saturated carbocycles. The Morgan fingerprint density at radius 1 is 1.05 bits per heavy atom. The van der Waals surface area contributed by atoms with Gasteiger partial charge in [-0.3, -0.25) is 0 Å². The van der Waals surface area contributed by atoms with Crippen LogP contribution in [0.25, 0.3) is 33.4 Å². The fourth-order valence-corrected chi connectivity index (χ4v) is 5.71. The maximum absolute atomic E-state index is 13.3. The number of benzene rings is 1. The highest BCUT2D eigenvalue weighted by Crippen LogP contribution is 2.40. The van der Waals surface area contributed by atoms with Crippen LogP contribution in [-0.2, 0) is 23.1 Å². The lowest BCUT2D eigenvalue weighted by molar-refractivity contribution is -0.00798. The molecule has 0 aliphatic carbocycles. The second-order valence-corrected chi connectivity index (χ2v) is 12.0. The molecule has 10 heteroatoms.